The lowest BCUT2D eigenvalue weighted by atomic mass is 10.2. The van der Waals surface area contributed by atoms with Crippen LogP contribution in [0.25, 0.3) is 0 Å². The highest BCUT2D eigenvalue weighted by molar-refractivity contribution is 7.10. The van der Waals surface area contributed by atoms with Crippen LogP contribution in [0, 0.1) is 11.3 Å². The van der Waals surface area contributed by atoms with Gasteiger partial charge in [0.25, 0.3) is 0 Å². The molecule has 50 valence electrons. The summed E-state index contributed by atoms with van der Waals surface area (Å²) in [5.74, 6) is 0.0118. The molecular formula is C7H5NOS. The first-order valence-corrected chi connectivity index (χ1v) is 3.61. The third kappa shape index (κ3) is 1.23. The molecule has 3 heteroatoms. The van der Waals surface area contributed by atoms with Crippen molar-refractivity contribution >= 4 is 17.1 Å². The molecule has 0 fully saturated rings. The van der Waals surface area contributed by atoms with Gasteiger partial charge >= 0.3 is 0 Å². The number of nitriles is 1. The largest absolute Gasteiger partial charge is 0.294 e. The summed E-state index contributed by atoms with van der Waals surface area (Å²) in [5, 5.41) is 10.1. The fraction of sp³-hybridized carbons (Fsp3) is 0.143. The van der Waals surface area contributed by atoms with E-state index in [0.717, 1.165) is 0 Å². The van der Waals surface area contributed by atoms with Gasteiger partial charge in [0.2, 0.25) is 0 Å². The number of nitrogens with zero attached hydrogens (tertiary/aromatic N) is 1. The summed E-state index contributed by atoms with van der Waals surface area (Å²) in [5.41, 5.74) is 0.626. The second-order valence-corrected chi connectivity index (χ2v) is 2.78. The fourth-order valence-corrected chi connectivity index (χ4v) is 1.32. The van der Waals surface area contributed by atoms with Crippen molar-refractivity contribution in [1.29, 1.82) is 5.26 Å². The Morgan fingerprint density at radius 1 is 1.80 bits per heavy atom. The van der Waals surface area contributed by atoms with Gasteiger partial charge in [0.1, 0.15) is 10.9 Å². The smallest absolute Gasteiger partial charge is 0.160 e. The summed E-state index contributed by atoms with van der Waals surface area (Å²) in [6, 6.07) is 3.57. The Morgan fingerprint density at radius 2 is 2.50 bits per heavy atom. The van der Waals surface area contributed by atoms with Gasteiger partial charge in [-0.25, -0.2) is 0 Å². The highest BCUT2D eigenvalue weighted by atomic mass is 32.1. The van der Waals surface area contributed by atoms with E-state index in [1.165, 1.54) is 18.3 Å². The van der Waals surface area contributed by atoms with Gasteiger partial charge in [-0.2, -0.15) is 5.26 Å². The molecule has 0 saturated carbocycles. The predicted octanol–water partition coefficient (Wildman–Crippen LogP) is 1.82. The maximum Gasteiger partial charge on any atom is 0.160 e. The molecule has 0 bridgehead atoms. The topological polar surface area (TPSA) is 40.9 Å². The van der Waals surface area contributed by atoms with Gasteiger partial charge in [-0.05, 0) is 13.0 Å². The summed E-state index contributed by atoms with van der Waals surface area (Å²) in [4.78, 5) is 11.3. The second-order valence-electron chi connectivity index (χ2n) is 1.87. The highest BCUT2D eigenvalue weighted by Gasteiger charge is 2.01. The van der Waals surface area contributed by atoms with Crippen LogP contribution >= 0.6 is 11.3 Å². The first-order chi connectivity index (χ1) is 4.74. The number of hydrogen-bond donors (Lipinski definition) is 0. The number of Topliss-reactive ketones (excluding diaryl/α,β-unsaturated/α-hetero) is 1. The van der Waals surface area contributed by atoms with Crippen LogP contribution in [0.3, 0.4) is 0 Å². The van der Waals surface area contributed by atoms with Crippen molar-refractivity contribution < 1.29 is 4.79 Å². The Labute approximate surface area is 62.7 Å². The second kappa shape index (κ2) is 2.63. The number of rotatable bonds is 1. The minimum Gasteiger partial charge on any atom is -0.294 e. The van der Waals surface area contributed by atoms with Gasteiger partial charge in [0.15, 0.2) is 5.78 Å². The molecule has 1 heterocycles. The lowest BCUT2D eigenvalue weighted by Gasteiger charge is -1.80. The van der Waals surface area contributed by atoms with Gasteiger partial charge in [-0.1, -0.05) is 0 Å². The molecule has 1 rings (SSSR count). The third-order valence-electron chi connectivity index (χ3n) is 1.12. The van der Waals surface area contributed by atoms with Crippen molar-refractivity contribution in [2.24, 2.45) is 0 Å². The summed E-state index contributed by atoms with van der Waals surface area (Å²) >= 11 is 1.30. The lowest BCUT2D eigenvalue weighted by Crippen LogP contribution is -1.85. The highest BCUT2D eigenvalue weighted by Crippen LogP contribution is 2.13. The van der Waals surface area contributed by atoms with Crippen LogP contribution in [-0.4, -0.2) is 5.78 Å². The molecule has 0 unspecified atom stereocenters. The van der Waals surface area contributed by atoms with Crippen molar-refractivity contribution in [1.82, 2.24) is 0 Å². The van der Waals surface area contributed by atoms with E-state index in [1.54, 1.807) is 11.4 Å². The zero-order valence-electron chi connectivity index (χ0n) is 5.42. The lowest BCUT2D eigenvalue weighted by molar-refractivity contribution is 0.101. The average molecular weight is 151 g/mol. The summed E-state index contributed by atoms with van der Waals surface area (Å²) < 4.78 is 0. The van der Waals surface area contributed by atoms with Crippen LogP contribution in [0.1, 0.15) is 22.2 Å². The van der Waals surface area contributed by atoms with Crippen LogP contribution in [0.4, 0.5) is 0 Å². The van der Waals surface area contributed by atoms with E-state index in [9.17, 15) is 4.79 Å². The molecule has 1 aromatic rings. The molecule has 10 heavy (non-hydrogen) atoms. The van der Waals surface area contributed by atoms with Crippen LogP contribution in [0.5, 0.6) is 0 Å². The van der Waals surface area contributed by atoms with Gasteiger partial charge in [0.05, 0.1) is 0 Å². The van der Waals surface area contributed by atoms with Crippen molar-refractivity contribution in [2.45, 2.75) is 6.92 Å². The van der Waals surface area contributed by atoms with Crippen molar-refractivity contribution in [3.05, 3.63) is 21.9 Å². The third-order valence-corrected chi connectivity index (χ3v) is 1.95. The van der Waals surface area contributed by atoms with Crippen LogP contribution in [-0.2, 0) is 0 Å². The average Bonchev–Trinajstić information content (AvgIpc) is 2.34. The molecule has 0 atom stereocenters. The van der Waals surface area contributed by atoms with Crippen LogP contribution in [0.15, 0.2) is 11.4 Å². The molecule has 1 aromatic heterocycles. The molecule has 0 aliphatic carbocycles. The zero-order chi connectivity index (χ0) is 7.56. The number of thiophene rings is 1. The maximum absolute atomic E-state index is 10.7. The quantitative estimate of drug-likeness (QED) is 0.574. The molecule has 0 amide bonds. The molecule has 0 radical (unpaired) electrons. The first-order valence-electron chi connectivity index (χ1n) is 2.73. The van der Waals surface area contributed by atoms with Gasteiger partial charge in [0, 0.05) is 10.9 Å². The van der Waals surface area contributed by atoms with Gasteiger partial charge in [-0.3, -0.25) is 4.79 Å². The van der Waals surface area contributed by atoms with E-state index in [-0.39, 0.29) is 5.78 Å². The minimum atomic E-state index is 0.0118. The SMILES string of the molecule is CC(=O)c1csc(C#N)c1. The Kier molecular flexibility index (Phi) is 1.83. The van der Waals surface area contributed by atoms with Crippen LogP contribution < -0.4 is 0 Å². The molecule has 0 aromatic carbocycles. The molecular weight excluding hydrogens is 146 g/mol. The van der Waals surface area contributed by atoms with Crippen molar-refractivity contribution in [3.8, 4) is 6.07 Å². The monoisotopic (exact) mass is 151 g/mol. The van der Waals surface area contributed by atoms with Gasteiger partial charge in [-0.15, -0.1) is 11.3 Å². The molecule has 0 saturated heterocycles. The molecule has 0 aliphatic heterocycles. The molecule has 0 spiro atoms. The van der Waals surface area contributed by atoms with E-state index in [4.69, 9.17) is 5.26 Å². The summed E-state index contributed by atoms with van der Waals surface area (Å²) in [6.07, 6.45) is 0. The number of ketones is 1. The van der Waals surface area contributed by atoms with E-state index >= 15 is 0 Å². The molecule has 0 N–H and O–H groups in total. The zero-order valence-corrected chi connectivity index (χ0v) is 6.23. The van der Waals surface area contributed by atoms with E-state index in [1.807, 2.05) is 6.07 Å². The van der Waals surface area contributed by atoms with Crippen LogP contribution in [0.2, 0.25) is 0 Å². The first kappa shape index (κ1) is 6.97. The van der Waals surface area contributed by atoms with E-state index in [0.29, 0.717) is 10.4 Å². The van der Waals surface area contributed by atoms with E-state index in [2.05, 4.69) is 0 Å². The Morgan fingerprint density at radius 3 is 2.80 bits per heavy atom. The normalized spacial score (nSPS) is 8.80. The standard InChI is InChI=1S/C7H5NOS/c1-5(9)6-2-7(3-8)10-4-6/h2,4H,1H3. The Bertz CT molecular complexity index is 295. The Hall–Kier alpha value is -1.14. The molecule has 0 aliphatic rings. The Balaban J connectivity index is 3.02. The minimum absolute atomic E-state index is 0.0118. The number of carbonyl (C=O) groups excluding carboxylic acids is 1. The van der Waals surface area contributed by atoms with E-state index < -0.39 is 0 Å². The number of carbonyl (C=O) groups is 1. The predicted molar refractivity (Wildman–Crippen MR) is 39.0 cm³/mol. The van der Waals surface area contributed by atoms with Crippen molar-refractivity contribution in [3.63, 3.8) is 0 Å². The number of hydrogen-bond acceptors (Lipinski definition) is 3. The fourth-order valence-electron chi connectivity index (χ4n) is 0.579. The maximum atomic E-state index is 10.7. The summed E-state index contributed by atoms with van der Waals surface area (Å²) in [7, 11) is 0. The van der Waals surface area contributed by atoms with Crippen molar-refractivity contribution in [2.75, 3.05) is 0 Å². The summed E-state index contributed by atoms with van der Waals surface area (Å²) in [6.45, 7) is 1.49. The van der Waals surface area contributed by atoms with Gasteiger partial charge < -0.3 is 0 Å². The molecule has 2 nitrogen and oxygen atoms in total.